The van der Waals surface area contributed by atoms with Crippen molar-refractivity contribution in [1.82, 2.24) is 5.32 Å². The summed E-state index contributed by atoms with van der Waals surface area (Å²) in [5.74, 6) is -1.35. The SMILES string of the molecule is CCN1c2cc(C)c(/C=C3\C(=O)NC(=O)N(c4cccc(Br)c4)C3=O)cc2C(C)=CC1(C)C. The third-order valence-electron chi connectivity index (χ3n) is 6.15. The third-order valence-corrected chi connectivity index (χ3v) is 6.64. The molecule has 4 amide bonds. The Morgan fingerprint density at radius 3 is 2.48 bits per heavy atom. The molecular weight excluding hydrogens is 482 g/mol. The molecule has 2 aromatic carbocycles. The number of hydrogen-bond donors (Lipinski definition) is 1. The highest BCUT2D eigenvalue weighted by Gasteiger charge is 2.37. The number of likely N-dealkylation sites (N-methyl/N-ethyl adjacent to an activating group) is 1. The molecule has 6 nitrogen and oxygen atoms in total. The van der Waals surface area contributed by atoms with E-state index in [2.05, 4.69) is 66.0 Å². The fourth-order valence-electron chi connectivity index (χ4n) is 4.64. The van der Waals surface area contributed by atoms with E-state index in [9.17, 15) is 14.4 Å². The maximum atomic E-state index is 13.3. The molecule has 0 aliphatic carbocycles. The highest BCUT2D eigenvalue weighted by molar-refractivity contribution is 9.10. The van der Waals surface area contributed by atoms with Crippen LogP contribution < -0.4 is 15.1 Å². The molecule has 2 aliphatic rings. The largest absolute Gasteiger partial charge is 0.363 e. The number of carbonyl (C=O) groups is 3. The van der Waals surface area contributed by atoms with E-state index in [-0.39, 0.29) is 11.1 Å². The minimum absolute atomic E-state index is 0.0808. The molecule has 2 aliphatic heterocycles. The molecule has 33 heavy (non-hydrogen) atoms. The number of nitrogens with one attached hydrogen (secondary N) is 1. The van der Waals surface area contributed by atoms with E-state index in [4.69, 9.17) is 0 Å². The number of fused-ring (bicyclic) bond motifs is 1. The monoisotopic (exact) mass is 507 g/mol. The number of halogens is 1. The molecule has 0 bridgehead atoms. The summed E-state index contributed by atoms with van der Waals surface area (Å²) in [5, 5.41) is 2.29. The molecule has 0 atom stereocenters. The number of amides is 4. The molecule has 4 rings (SSSR count). The Morgan fingerprint density at radius 2 is 1.82 bits per heavy atom. The van der Waals surface area contributed by atoms with Gasteiger partial charge in [-0.3, -0.25) is 14.9 Å². The van der Waals surface area contributed by atoms with Crippen LogP contribution in [0.25, 0.3) is 11.6 Å². The molecule has 1 fully saturated rings. The van der Waals surface area contributed by atoms with Crippen LogP contribution in [0.1, 0.15) is 44.4 Å². The van der Waals surface area contributed by atoms with Gasteiger partial charge < -0.3 is 4.90 Å². The molecule has 2 aromatic rings. The van der Waals surface area contributed by atoms with Crippen molar-refractivity contribution >= 4 is 56.8 Å². The fourth-order valence-corrected chi connectivity index (χ4v) is 5.03. The van der Waals surface area contributed by atoms with Crippen molar-refractivity contribution in [3.05, 3.63) is 69.2 Å². The number of hydrogen-bond acceptors (Lipinski definition) is 4. The number of anilines is 2. The number of barbiturate groups is 1. The van der Waals surface area contributed by atoms with Crippen LogP contribution in [-0.2, 0) is 9.59 Å². The molecule has 170 valence electrons. The summed E-state index contributed by atoms with van der Waals surface area (Å²) in [6, 6.07) is 10.2. The Hall–Kier alpha value is -3.19. The second-order valence-electron chi connectivity index (χ2n) is 8.89. The number of allylic oxidation sites excluding steroid dienone is 1. The van der Waals surface area contributed by atoms with E-state index >= 15 is 0 Å². The lowest BCUT2D eigenvalue weighted by molar-refractivity contribution is -0.122. The van der Waals surface area contributed by atoms with Crippen molar-refractivity contribution < 1.29 is 14.4 Å². The zero-order valence-electron chi connectivity index (χ0n) is 19.3. The highest BCUT2D eigenvalue weighted by Crippen LogP contribution is 2.40. The quantitative estimate of drug-likeness (QED) is 0.443. The molecule has 0 unspecified atom stereocenters. The molecule has 2 heterocycles. The summed E-state index contributed by atoms with van der Waals surface area (Å²) in [4.78, 5) is 41.7. The van der Waals surface area contributed by atoms with Crippen LogP contribution in [-0.4, -0.2) is 29.9 Å². The van der Waals surface area contributed by atoms with Gasteiger partial charge in [0.15, 0.2) is 0 Å². The summed E-state index contributed by atoms with van der Waals surface area (Å²) in [6.45, 7) is 11.4. The van der Waals surface area contributed by atoms with Gasteiger partial charge in [0.1, 0.15) is 5.57 Å². The Bertz CT molecular complexity index is 1260. The summed E-state index contributed by atoms with van der Waals surface area (Å²) in [7, 11) is 0. The summed E-state index contributed by atoms with van der Waals surface area (Å²) >= 11 is 3.36. The average Bonchev–Trinajstić information content (AvgIpc) is 2.71. The van der Waals surface area contributed by atoms with E-state index < -0.39 is 17.8 Å². The van der Waals surface area contributed by atoms with Crippen molar-refractivity contribution in [1.29, 1.82) is 0 Å². The lowest BCUT2D eigenvalue weighted by atomic mass is 9.86. The van der Waals surface area contributed by atoms with Gasteiger partial charge >= 0.3 is 6.03 Å². The van der Waals surface area contributed by atoms with E-state index in [0.717, 1.165) is 43.9 Å². The van der Waals surface area contributed by atoms with Crippen LogP contribution in [0.4, 0.5) is 16.2 Å². The topological polar surface area (TPSA) is 69.7 Å². The molecule has 7 heteroatoms. The summed E-state index contributed by atoms with van der Waals surface area (Å²) in [5.41, 5.74) is 5.24. The molecule has 0 aromatic heterocycles. The first-order chi connectivity index (χ1) is 15.5. The molecule has 0 spiro atoms. The van der Waals surface area contributed by atoms with Crippen molar-refractivity contribution in [2.24, 2.45) is 0 Å². The number of carbonyl (C=O) groups excluding carboxylic acids is 3. The Labute approximate surface area is 202 Å². The van der Waals surface area contributed by atoms with Crippen molar-refractivity contribution in [3.63, 3.8) is 0 Å². The lowest BCUT2D eigenvalue weighted by Crippen LogP contribution is -2.54. The van der Waals surface area contributed by atoms with Crippen LogP contribution in [0.2, 0.25) is 0 Å². The first-order valence-electron chi connectivity index (χ1n) is 10.8. The van der Waals surface area contributed by atoms with E-state index in [0.29, 0.717) is 5.69 Å². The second kappa shape index (κ2) is 8.30. The number of benzene rings is 2. The second-order valence-corrected chi connectivity index (χ2v) is 9.80. The predicted molar refractivity (Wildman–Crippen MR) is 135 cm³/mol. The molecule has 0 radical (unpaired) electrons. The van der Waals surface area contributed by atoms with Gasteiger partial charge in [-0.15, -0.1) is 0 Å². The molecule has 0 saturated carbocycles. The number of imide groups is 2. The third kappa shape index (κ3) is 4.02. The Balaban J connectivity index is 1.80. The highest BCUT2D eigenvalue weighted by atomic mass is 79.9. The van der Waals surface area contributed by atoms with Gasteiger partial charge in [-0.25, -0.2) is 9.69 Å². The molecular formula is C26H26BrN3O3. The Kier molecular flexibility index (Phi) is 5.78. The lowest BCUT2D eigenvalue weighted by Gasteiger charge is -2.43. The van der Waals surface area contributed by atoms with Crippen molar-refractivity contribution in [2.45, 2.75) is 40.2 Å². The van der Waals surface area contributed by atoms with Gasteiger partial charge in [-0.05, 0) is 87.7 Å². The maximum absolute atomic E-state index is 13.3. The molecule has 1 N–H and O–H groups in total. The first-order valence-corrected chi connectivity index (χ1v) is 11.6. The van der Waals surface area contributed by atoms with Crippen LogP contribution in [0, 0.1) is 6.92 Å². The van der Waals surface area contributed by atoms with Crippen molar-refractivity contribution in [2.75, 3.05) is 16.3 Å². The van der Waals surface area contributed by atoms with E-state index in [1.54, 1.807) is 30.3 Å². The van der Waals surface area contributed by atoms with E-state index in [1.165, 1.54) is 0 Å². The minimum Gasteiger partial charge on any atom is -0.363 e. The number of nitrogens with zero attached hydrogens (tertiary/aromatic N) is 2. The minimum atomic E-state index is -0.762. The van der Waals surface area contributed by atoms with Gasteiger partial charge in [-0.1, -0.05) is 28.1 Å². The van der Waals surface area contributed by atoms with Crippen LogP contribution in [0.3, 0.4) is 0 Å². The van der Waals surface area contributed by atoms with Gasteiger partial charge in [0, 0.05) is 22.3 Å². The van der Waals surface area contributed by atoms with Gasteiger partial charge in [-0.2, -0.15) is 0 Å². The van der Waals surface area contributed by atoms with Crippen LogP contribution in [0.5, 0.6) is 0 Å². The van der Waals surface area contributed by atoms with Crippen molar-refractivity contribution in [3.8, 4) is 0 Å². The van der Waals surface area contributed by atoms with Gasteiger partial charge in [0.05, 0.1) is 11.2 Å². The molecule has 1 saturated heterocycles. The van der Waals surface area contributed by atoms with Gasteiger partial charge in [0.2, 0.25) is 0 Å². The maximum Gasteiger partial charge on any atom is 0.335 e. The zero-order chi connectivity index (χ0) is 24.1. The fraction of sp³-hybridized carbons (Fsp3) is 0.269. The van der Waals surface area contributed by atoms with Gasteiger partial charge in [0.25, 0.3) is 11.8 Å². The average molecular weight is 508 g/mol. The predicted octanol–water partition coefficient (Wildman–Crippen LogP) is 5.45. The summed E-state index contributed by atoms with van der Waals surface area (Å²) in [6.07, 6.45) is 3.81. The van der Waals surface area contributed by atoms with Crippen LogP contribution in [0.15, 0.2) is 52.5 Å². The number of urea groups is 1. The first kappa shape index (κ1) is 23.0. The number of aryl methyl sites for hydroxylation is 1. The smallest absolute Gasteiger partial charge is 0.335 e. The Morgan fingerprint density at radius 1 is 1.09 bits per heavy atom. The van der Waals surface area contributed by atoms with Crippen LogP contribution >= 0.6 is 15.9 Å². The normalized spacial score (nSPS) is 18.9. The standard InChI is InChI=1S/C26H26BrN3O3/c1-6-29-22-10-15(2)17(11-20(22)16(3)14-26(29,4)5)12-21-23(31)28-25(33)30(24(21)32)19-9-7-8-18(27)13-19/h7-14H,6H2,1-5H3,(H,28,31,33)/b21-12+. The number of rotatable bonds is 3. The summed E-state index contributed by atoms with van der Waals surface area (Å²) < 4.78 is 0.722. The zero-order valence-corrected chi connectivity index (χ0v) is 20.9. The van der Waals surface area contributed by atoms with E-state index in [1.807, 2.05) is 13.0 Å².